The highest BCUT2D eigenvalue weighted by Crippen LogP contribution is 2.41. The molecule has 2 fully saturated rings. The molecule has 1 aliphatic carbocycles. The van der Waals surface area contributed by atoms with Crippen molar-refractivity contribution in [1.82, 2.24) is 10.2 Å². The zero-order valence-corrected chi connectivity index (χ0v) is 15.4. The predicted octanol–water partition coefficient (Wildman–Crippen LogP) is 2.41. The maximum atomic E-state index is 13.2. The number of amides is 2. The lowest BCUT2D eigenvalue weighted by atomic mass is 9.78. The Morgan fingerprint density at radius 2 is 1.85 bits per heavy atom. The third-order valence-electron chi connectivity index (χ3n) is 6.05. The summed E-state index contributed by atoms with van der Waals surface area (Å²) in [5.74, 6) is -1.48. The van der Waals surface area contributed by atoms with Gasteiger partial charge in [0.05, 0.1) is 12.0 Å². The second-order valence-corrected chi connectivity index (χ2v) is 7.83. The molecule has 2 atom stereocenters. The first-order chi connectivity index (χ1) is 12.9. The highest BCUT2D eigenvalue weighted by molar-refractivity contribution is 5.75. The van der Waals surface area contributed by atoms with Crippen LogP contribution in [0, 0.1) is 17.2 Å². The maximum Gasteiger partial charge on any atom is 0.317 e. The van der Waals surface area contributed by atoms with Crippen molar-refractivity contribution >= 4 is 12.0 Å². The number of carboxylic acid groups (broad SMARTS) is 1. The van der Waals surface area contributed by atoms with Crippen molar-refractivity contribution in [3.63, 3.8) is 0 Å². The second kappa shape index (κ2) is 8.25. The van der Waals surface area contributed by atoms with E-state index in [0.29, 0.717) is 45.3 Å². The standard InChI is InChI=1S/C20H27FN2O4/c21-16-5-3-14(4-6-16)12-20(9-1-2-17(20)24)13-22-19(27)23-10-7-15(8-11-23)18(25)26/h3-6,15,17,24H,1-2,7-13H2,(H,22,27)(H,25,26). The number of carbonyl (C=O) groups is 2. The van der Waals surface area contributed by atoms with Crippen molar-refractivity contribution in [2.45, 2.75) is 44.6 Å². The molecule has 1 aromatic rings. The second-order valence-electron chi connectivity index (χ2n) is 7.83. The molecule has 6 nitrogen and oxygen atoms in total. The Hall–Kier alpha value is -2.15. The molecule has 7 heteroatoms. The molecular weight excluding hydrogens is 351 g/mol. The van der Waals surface area contributed by atoms with Gasteiger partial charge in [-0.05, 0) is 49.8 Å². The molecule has 27 heavy (non-hydrogen) atoms. The summed E-state index contributed by atoms with van der Waals surface area (Å²) in [5.41, 5.74) is 0.487. The van der Waals surface area contributed by atoms with Crippen LogP contribution >= 0.6 is 0 Å². The smallest absolute Gasteiger partial charge is 0.317 e. The lowest BCUT2D eigenvalue weighted by molar-refractivity contribution is -0.143. The first-order valence-corrected chi connectivity index (χ1v) is 9.58. The number of aliphatic hydroxyl groups is 1. The zero-order chi connectivity index (χ0) is 19.4. The summed E-state index contributed by atoms with van der Waals surface area (Å²) in [6, 6.07) is 6.06. The Kier molecular flexibility index (Phi) is 5.99. The molecule has 1 saturated heterocycles. The SMILES string of the molecule is O=C(O)C1CCN(C(=O)NCC2(Cc3ccc(F)cc3)CCCC2O)CC1. The monoisotopic (exact) mass is 378 g/mol. The molecule has 1 saturated carbocycles. The third kappa shape index (κ3) is 4.58. The van der Waals surface area contributed by atoms with E-state index in [1.54, 1.807) is 17.0 Å². The van der Waals surface area contributed by atoms with Crippen LogP contribution in [0.2, 0.25) is 0 Å². The van der Waals surface area contributed by atoms with E-state index in [-0.39, 0.29) is 17.8 Å². The number of aliphatic carboxylic acids is 1. The van der Waals surface area contributed by atoms with Gasteiger partial charge >= 0.3 is 12.0 Å². The summed E-state index contributed by atoms with van der Waals surface area (Å²) in [4.78, 5) is 25.2. The van der Waals surface area contributed by atoms with Crippen LogP contribution < -0.4 is 5.32 Å². The van der Waals surface area contributed by atoms with E-state index < -0.39 is 17.5 Å². The molecule has 3 rings (SSSR count). The van der Waals surface area contributed by atoms with Gasteiger partial charge in [-0.15, -0.1) is 0 Å². The number of piperidine rings is 1. The van der Waals surface area contributed by atoms with Gasteiger partial charge in [0.15, 0.2) is 0 Å². The summed E-state index contributed by atoms with van der Waals surface area (Å²) in [6.45, 7) is 1.20. The van der Waals surface area contributed by atoms with E-state index in [0.717, 1.165) is 18.4 Å². The molecule has 0 spiro atoms. The molecule has 2 unspecified atom stereocenters. The van der Waals surface area contributed by atoms with Crippen LogP contribution in [0.1, 0.15) is 37.7 Å². The normalized spacial score (nSPS) is 26.1. The first kappa shape index (κ1) is 19.6. The number of rotatable bonds is 5. The minimum atomic E-state index is -0.803. The molecule has 3 N–H and O–H groups in total. The Balaban J connectivity index is 1.59. The van der Waals surface area contributed by atoms with Crippen LogP contribution in [0.5, 0.6) is 0 Å². The fraction of sp³-hybridized carbons (Fsp3) is 0.600. The number of hydrogen-bond donors (Lipinski definition) is 3. The molecule has 148 valence electrons. The van der Waals surface area contributed by atoms with Gasteiger partial charge in [-0.25, -0.2) is 9.18 Å². The van der Waals surface area contributed by atoms with Crippen molar-refractivity contribution in [2.24, 2.45) is 11.3 Å². The Morgan fingerprint density at radius 1 is 1.19 bits per heavy atom. The highest BCUT2D eigenvalue weighted by atomic mass is 19.1. The topological polar surface area (TPSA) is 89.9 Å². The summed E-state index contributed by atoms with van der Waals surface area (Å²) in [6.07, 6.45) is 3.38. The number of urea groups is 1. The van der Waals surface area contributed by atoms with Crippen LogP contribution in [0.15, 0.2) is 24.3 Å². The maximum absolute atomic E-state index is 13.2. The van der Waals surface area contributed by atoms with Crippen molar-refractivity contribution in [3.05, 3.63) is 35.6 Å². The first-order valence-electron chi connectivity index (χ1n) is 9.58. The number of halogens is 1. The fourth-order valence-corrected chi connectivity index (χ4v) is 4.30. The van der Waals surface area contributed by atoms with E-state index >= 15 is 0 Å². The number of benzene rings is 1. The zero-order valence-electron chi connectivity index (χ0n) is 15.4. The number of hydrogen-bond acceptors (Lipinski definition) is 3. The average molecular weight is 378 g/mol. The fourth-order valence-electron chi connectivity index (χ4n) is 4.30. The van der Waals surface area contributed by atoms with Crippen LogP contribution in [-0.4, -0.2) is 52.9 Å². The Labute approximate surface area is 158 Å². The summed E-state index contributed by atoms with van der Waals surface area (Å²) in [7, 11) is 0. The van der Waals surface area contributed by atoms with E-state index in [1.165, 1.54) is 12.1 Å². The van der Waals surface area contributed by atoms with Gasteiger partial charge in [0.1, 0.15) is 5.82 Å². The van der Waals surface area contributed by atoms with Crippen molar-refractivity contribution < 1.29 is 24.2 Å². The molecule has 1 heterocycles. The number of nitrogens with one attached hydrogen (secondary N) is 1. The molecule has 1 aromatic carbocycles. The van der Waals surface area contributed by atoms with Crippen molar-refractivity contribution in [1.29, 1.82) is 0 Å². The van der Waals surface area contributed by atoms with Crippen LogP contribution in [0.3, 0.4) is 0 Å². The van der Waals surface area contributed by atoms with Gasteiger partial charge in [-0.2, -0.15) is 0 Å². The van der Waals surface area contributed by atoms with Gasteiger partial charge < -0.3 is 20.4 Å². The van der Waals surface area contributed by atoms with E-state index in [1.807, 2.05) is 0 Å². The van der Waals surface area contributed by atoms with E-state index in [4.69, 9.17) is 5.11 Å². The molecule has 0 radical (unpaired) electrons. The van der Waals surface area contributed by atoms with Crippen LogP contribution in [0.4, 0.5) is 9.18 Å². The Bertz CT molecular complexity index is 673. The van der Waals surface area contributed by atoms with Crippen LogP contribution in [-0.2, 0) is 11.2 Å². The van der Waals surface area contributed by atoms with Gasteiger partial charge in [0.25, 0.3) is 0 Å². The number of carbonyl (C=O) groups excluding carboxylic acids is 1. The lowest BCUT2D eigenvalue weighted by Crippen LogP contribution is -2.50. The van der Waals surface area contributed by atoms with Gasteiger partial charge in [-0.1, -0.05) is 18.6 Å². The number of nitrogens with zero attached hydrogens (tertiary/aromatic N) is 1. The van der Waals surface area contributed by atoms with Crippen molar-refractivity contribution in [2.75, 3.05) is 19.6 Å². The number of carboxylic acids is 1. The van der Waals surface area contributed by atoms with Crippen molar-refractivity contribution in [3.8, 4) is 0 Å². The van der Waals surface area contributed by atoms with Crippen LogP contribution in [0.25, 0.3) is 0 Å². The summed E-state index contributed by atoms with van der Waals surface area (Å²) >= 11 is 0. The lowest BCUT2D eigenvalue weighted by Gasteiger charge is -2.35. The highest BCUT2D eigenvalue weighted by Gasteiger charge is 2.42. The minimum absolute atomic E-state index is 0.212. The average Bonchev–Trinajstić information content (AvgIpc) is 3.02. The quantitative estimate of drug-likeness (QED) is 0.734. The summed E-state index contributed by atoms with van der Waals surface area (Å²) in [5, 5.41) is 22.6. The summed E-state index contributed by atoms with van der Waals surface area (Å²) < 4.78 is 13.2. The number of likely N-dealkylation sites (tertiary alicyclic amines) is 1. The molecule has 2 amide bonds. The number of aliphatic hydroxyl groups excluding tert-OH is 1. The van der Waals surface area contributed by atoms with Gasteiger partial charge in [0.2, 0.25) is 0 Å². The largest absolute Gasteiger partial charge is 0.481 e. The van der Waals surface area contributed by atoms with E-state index in [2.05, 4.69) is 5.32 Å². The molecule has 0 bridgehead atoms. The Morgan fingerprint density at radius 3 is 2.41 bits per heavy atom. The van der Waals surface area contributed by atoms with Gasteiger partial charge in [-0.3, -0.25) is 4.79 Å². The third-order valence-corrected chi connectivity index (χ3v) is 6.05. The predicted molar refractivity (Wildman–Crippen MR) is 97.7 cm³/mol. The molecule has 1 aliphatic heterocycles. The molecule has 2 aliphatic rings. The van der Waals surface area contributed by atoms with E-state index in [9.17, 15) is 19.1 Å². The minimum Gasteiger partial charge on any atom is -0.481 e. The van der Waals surface area contributed by atoms with Gasteiger partial charge in [0, 0.05) is 25.0 Å². The molecule has 0 aromatic heterocycles. The molecular formula is C20H27FN2O4.